The van der Waals surface area contributed by atoms with Crippen LogP contribution < -0.4 is 5.32 Å². The smallest absolute Gasteiger partial charge is 0.416 e. The van der Waals surface area contributed by atoms with Crippen LogP contribution in [0.15, 0.2) is 24.3 Å². The van der Waals surface area contributed by atoms with Crippen molar-refractivity contribution in [3.8, 4) is 0 Å². The van der Waals surface area contributed by atoms with Gasteiger partial charge in [0, 0.05) is 18.1 Å². The van der Waals surface area contributed by atoms with Crippen LogP contribution in [0.5, 0.6) is 0 Å². The predicted molar refractivity (Wildman–Crippen MR) is 97.2 cm³/mol. The molecule has 26 heavy (non-hydrogen) atoms. The van der Waals surface area contributed by atoms with Gasteiger partial charge in [0.15, 0.2) is 0 Å². The molecule has 0 spiro atoms. The Morgan fingerprint density at radius 3 is 2.23 bits per heavy atom. The second-order valence-electron chi connectivity index (χ2n) is 6.05. The van der Waals surface area contributed by atoms with Gasteiger partial charge in [0.2, 0.25) is 5.91 Å². The molecule has 0 atom stereocenters. The summed E-state index contributed by atoms with van der Waals surface area (Å²) in [5.74, 6) is 0.150. The normalized spacial score (nSPS) is 16.0. The van der Waals surface area contributed by atoms with Gasteiger partial charge in [0.1, 0.15) is 0 Å². The fourth-order valence-corrected chi connectivity index (χ4v) is 4.66. The Hall–Kier alpha value is -1.35. The molecular weight excluding hydrogens is 387 g/mol. The summed E-state index contributed by atoms with van der Waals surface area (Å²) in [4.78, 5) is 23.0. The number of hydrogen-bond acceptors (Lipinski definition) is 4. The highest BCUT2D eigenvalue weighted by Crippen LogP contribution is 2.44. The summed E-state index contributed by atoms with van der Waals surface area (Å²) in [5, 5.41) is 11.4. The molecule has 0 radical (unpaired) electrons. The zero-order chi connectivity index (χ0) is 19.2. The summed E-state index contributed by atoms with van der Waals surface area (Å²) in [7, 11) is 2.93. The fraction of sp³-hybridized carbons (Fsp3) is 0.529. The number of alkyl halides is 3. The second kappa shape index (κ2) is 9.03. The van der Waals surface area contributed by atoms with Gasteiger partial charge in [-0.3, -0.25) is 9.59 Å². The van der Waals surface area contributed by atoms with E-state index in [4.69, 9.17) is 5.11 Å². The lowest BCUT2D eigenvalue weighted by atomic mass is 9.63. The van der Waals surface area contributed by atoms with Crippen molar-refractivity contribution < 1.29 is 27.9 Å². The van der Waals surface area contributed by atoms with Crippen LogP contribution in [0, 0.1) is 0 Å². The Kier molecular flexibility index (Phi) is 7.28. The zero-order valence-corrected chi connectivity index (χ0v) is 15.6. The molecule has 1 aromatic rings. The van der Waals surface area contributed by atoms with Gasteiger partial charge in [-0.2, -0.15) is 13.2 Å². The summed E-state index contributed by atoms with van der Waals surface area (Å²) in [5.41, 5.74) is -0.825. The lowest BCUT2D eigenvalue weighted by molar-refractivity contribution is -0.138. The first-order chi connectivity index (χ1) is 12.3. The van der Waals surface area contributed by atoms with Crippen LogP contribution in [0.1, 0.15) is 36.8 Å². The van der Waals surface area contributed by atoms with E-state index in [1.54, 1.807) is 0 Å². The van der Waals surface area contributed by atoms with Crippen LogP contribution in [0.3, 0.4) is 0 Å². The zero-order valence-electron chi connectivity index (χ0n) is 14.0. The molecule has 9 heteroatoms. The van der Waals surface area contributed by atoms with Gasteiger partial charge in [-0.05, 0) is 30.5 Å². The van der Waals surface area contributed by atoms with Gasteiger partial charge in [0.25, 0.3) is 0 Å². The van der Waals surface area contributed by atoms with Crippen molar-refractivity contribution in [3.63, 3.8) is 0 Å². The molecule has 1 amide bonds. The van der Waals surface area contributed by atoms with E-state index in [1.807, 2.05) is 0 Å². The molecule has 1 saturated carbocycles. The summed E-state index contributed by atoms with van der Waals surface area (Å²) in [6.45, 7) is 0.436. The first-order valence-electron chi connectivity index (χ1n) is 8.18. The lowest BCUT2D eigenvalue weighted by Gasteiger charge is -2.40. The molecule has 0 heterocycles. The standard InChI is InChI=1S/C17H20F3NO3S2/c18-17(19,20)13-4-2-12(3-5-13)16(7-1-8-16)15(24)21-9-11-26-25-10-6-14(22)23/h2-5H,1,6-11H2,(H,21,24)(H,22,23). The predicted octanol–water partition coefficient (Wildman–Crippen LogP) is 4.10. The van der Waals surface area contributed by atoms with Crippen LogP contribution in [0.4, 0.5) is 13.2 Å². The number of carbonyl (C=O) groups is 2. The molecule has 0 bridgehead atoms. The highest BCUT2D eigenvalue weighted by atomic mass is 33.1. The van der Waals surface area contributed by atoms with Crippen LogP contribution in [0.25, 0.3) is 0 Å². The van der Waals surface area contributed by atoms with E-state index >= 15 is 0 Å². The number of nitrogens with one attached hydrogen (secondary N) is 1. The Morgan fingerprint density at radius 1 is 1.12 bits per heavy atom. The highest BCUT2D eigenvalue weighted by molar-refractivity contribution is 8.76. The first kappa shape index (κ1) is 21.0. The number of carboxylic acid groups (broad SMARTS) is 1. The maximum Gasteiger partial charge on any atom is 0.416 e. The van der Waals surface area contributed by atoms with Crippen LogP contribution >= 0.6 is 21.6 Å². The minimum atomic E-state index is -4.39. The Balaban J connectivity index is 1.85. The van der Waals surface area contributed by atoms with Gasteiger partial charge >= 0.3 is 12.1 Å². The first-order valence-corrected chi connectivity index (χ1v) is 10.7. The fourth-order valence-electron chi connectivity index (χ4n) is 2.78. The van der Waals surface area contributed by atoms with Crippen molar-refractivity contribution in [2.45, 2.75) is 37.3 Å². The quantitative estimate of drug-likeness (QED) is 0.477. The van der Waals surface area contributed by atoms with Gasteiger partial charge in [-0.15, -0.1) is 0 Å². The summed E-state index contributed by atoms with van der Waals surface area (Å²) in [6.07, 6.45) is -2.16. The molecule has 1 aliphatic rings. The molecule has 2 rings (SSSR count). The number of rotatable bonds is 9. The minimum absolute atomic E-state index is 0.0983. The van der Waals surface area contributed by atoms with E-state index < -0.39 is 23.1 Å². The molecule has 0 aliphatic heterocycles. The molecule has 1 aliphatic carbocycles. The molecule has 1 fully saturated rings. The van der Waals surface area contributed by atoms with Crippen LogP contribution in [0.2, 0.25) is 0 Å². The molecule has 4 nitrogen and oxygen atoms in total. The van der Waals surface area contributed by atoms with Crippen molar-refractivity contribution in [1.29, 1.82) is 0 Å². The molecule has 144 valence electrons. The highest BCUT2D eigenvalue weighted by Gasteiger charge is 2.45. The molecule has 1 aromatic carbocycles. The molecule has 2 N–H and O–H groups in total. The van der Waals surface area contributed by atoms with Gasteiger partial charge in [-0.1, -0.05) is 40.1 Å². The Labute approximate surface area is 157 Å². The lowest BCUT2D eigenvalue weighted by Crippen LogP contribution is -2.49. The monoisotopic (exact) mass is 407 g/mol. The molecule has 0 saturated heterocycles. The van der Waals surface area contributed by atoms with E-state index in [0.717, 1.165) is 18.6 Å². The second-order valence-corrected chi connectivity index (χ2v) is 8.76. The van der Waals surface area contributed by atoms with Gasteiger partial charge in [-0.25, -0.2) is 0 Å². The number of benzene rings is 1. The van der Waals surface area contributed by atoms with E-state index in [2.05, 4.69) is 5.32 Å². The van der Waals surface area contributed by atoms with Crippen molar-refractivity contribution >= 4 is 33.5 Å². The van der Waals surface area contributed by atoms with E-state index in [0.29, 0.717) is 36.5 Å². The largest absolute Gasteiger partial charge is 0.481 e. The topological polar surface area (TPSA) is 66.4 Å². The minimum Gasteiger partial charge on any atom is -0.481 e. The van der Waals surface area contributed by atoms with Crippen molar-refractivity contribution in [1.82, 2.24) is 5.32 Å². The average Bonchev–Trinajstić information content (AvgIpc) is 2.52. The van der Waals surface area contributed by atoms with Gasteiger partial charge < -0.3 is 10.4 Å². The van der Waals surface area contributed by atoms with Crippen molar-refractivity contribution in [2.24, 2.45) is 0 Å². The number of carboxylic acids is 1. The van der Waals surface area contributed by atoms with Crippen LogP contribution in [-0.4, -0.2) is 35.0 Å². The summed E-state index contributed by atoms with van der Waals surface area (Å²) >= 11 is 0. The number of hydrogen-bond donors (Lipinski definition) is 2. The summed E-state index contributed by atoms with van der Waals surface area (Å²) < 4.78 is 38.1. The Bertz CT molecular complexity index is 631. The van der Waals surface area contributed by atoms with Gasteiger partial charge in [0.05, 0.1) is 17.4 Å². The third-order valence-corrected chi connectivity index (χ3v) is 6.77. The summed E-state index contributed by atoms with van der Waals surface area (Å²) in [6, 6.07) is 4.85. The molecule has 0 unspecified atom stereocenters. The van der Waals surface area contributed by atoms with E-state index in [1.165, 1.54) is 33.7 Å². The molecular formula is C17H20F3NO3S2. The number of aliphatic carboxylic acids is 1. The van der Waals surface area contributed by atoms with Crippen molar-refractivity contribution in [3.05, 3.63) is 35.4 Å². The number of amides is 1. The van der Waals surface area contributed by atoms with Crippen LogP contribution in [-0.2, 0) is 21.2 Å². The SMILES string of the molecule is O=C(O)CCSSCCNC(=O)C1(c2ccc(C(F)(F)F)cc2)CCC1. The molecule has 0 aromatic heterocycles. The number of halogens is 3. The third kappa shape index (κ3) is 5.33. The average molecular weight is 407 g/mol. The van der Waals surface area contributed by atoms with Crippen molar-refractivity contribution in [2.75, 3.05) is 18.1 Å². The van der Waals surface area contributed by atoms with E-state index in [-0.39, 0.29) is 12.3 Å². The third-order valence-electron chi connectivity index (χ3n) is 4.36. The van der Waals surface area contributed by atoms with E-state index in [9.17, 15) is 22.8 Å². The Morgan fingerprint density at radius 2 is 1.73 bits per heavy atom. The maximum atomic E-state index is 12.7. The maximum absolute atomic E-state index is 12.7. The number of carbonyl (C=O) groups excluding carboxylic acids is 1.